The van der Waals surface area contributed by atoms with Crippen molar-refractivity contribution in [2.24, 2.45) is 0 Å². The molecule has 0 radical (unpaired) electrons. The highest BCUT2D eigenvalue weighted by Crippen LogP contribution is 2.13. The molecule has 0 amide bonds. The summed E-state index contributed by atoms with van der Waals surface area (Å²) in [7, 11) is 0. The van der Waals surface area contributed by atoms with Crippen molar-refractivity contribution in [3.8, 4) is 11.5 Å². The van der Waals surface area contributed by atoms with Gasteiger partial charge in [-0.15, -0.1) is 0 Å². The van der Waals surface area contributed by atoms with Crippen molar-refractivity contribution in [2.45, 2.75) is 27.6 Å². The molecular weight excluding hydrogens is 323 g/mol. The molecule has 0 aliphatic heterocycles. The molecule has 1 N–H and O–H groups in total. The second-order valence-corrected chi connectivity index (χ2v) is 5.84. The molecule has 3 rings (SSSR count). The first-order valence-electron chi connectivity index (χ1n) is 9.06. The molecule has 4 nitrogen and oxygen atoms in total. The molecule has 0 saturated carbocycles. The number of benzene rings is 2. The lowest BCUT2D eigenvalue weighted by molar-refractivity contribution is 0.342. The Labute approximate surface area is 156 Å². The Hall–Kier alpha value is -2.69. The van der Waals surface area contributed by atoms with Gasteiger partial charge in [-0.1, -0.05) is 43.2 Å². The number of aromatic nitrogens is 2. The van der Waals surface area contributed by atoms with Gasteiger partial charge in [-0.3, -0.25) is 0 Å². The van der Waals surface area contributed by atoms with Crippen molar-refractivity contribution in [3.63, 3.8) is 0 Å². The number of aryl methyl sites for hydroxylation is 1. The topological polar surface area (TPSA) is 47.1 Å². The van der Waals surface area contributed by atoms with Gasteiger partial charge < -0.3 is 14.5 Å². The molecule has 1 heterocycles. The van der Waals surface area contributed by atoms with Crippen LogP contribution in [0.2, 0.25) is 6.82 Å². The van der Waals surface area contributed by atoms with Crippen LogP contribution in [0.5, 0.6) is 11.5 Å². The Kier molecular flexibility index (Phi) is 7.81. The summed E-state index contributed by atoms with van der Waals surface area (Å²) in [5.41, 5.74) is 2.39. The Morgan fingerprint density at radius 1 is 0.885 bits per heavy atom. The summed E-state index contributed by atoms with van der Waals surface area (Å²) >= 11 is 0. The molecule has 136 valence electrons. The highest BCUT2D eigenvalue weighted by molar-refractivity contribution is 6.85. The van der Waals surface area contributed by atoms with Crippen molar-refractivity contribution in [2.75, 3.05) is 13.2 Å². The van der Waals surface area contributed by atoms with Gasteiger partial charge in [-0.2, -0.15) is 0 Å². The van der Waals surface area contributed by atoms with Gasteiger partial charge in [0.15, 0.2) is 0 Å². The minimum absolute atomic E-state index is 0.237. The maximum Gasteiger partial charge on any atom is 0.215 e. The summed E-state index contributed by atoms with van der Waals surface area (Å²) in [6, 6.07) is 16.4. The number of imidazole rings is 1. The van der Waals surface area contributed by atoms with Crippen LogP contribution >= 0.6 is 0 Å². The summed E-state index contributed by atoms with van der Waals surface area (Å²) in [4.78, 5) is 6.75. The van der Waals surface area contributed by atoms with Gasteiger partial charge in [0.05, 0.1) is 13.2 Å². The van der Waals surface area contributed by atoms with E-state index in [1.807, 2.05) is 45.0 Å². The highest BCUT2D eigenvalue weighted by atomic mass is 16.5. The van der Waals surface area contributed by atoms with E-state index in [-0.39, 0.29) is 6.71 Å². The second kappa shape index (κ2) is 10.3. The molecule has 0 fully saturated rings. The lowest BCUT2D eigenvalue weighted by Gasteiger charge is -2.17. The van der Waals surface area contributed by atoms with Gasteiger partial charge in [-0.25, -0.2) is 4.98 Å². The highest BCUT2D eigenvalue weighted by Gasteiger charge is 2.20. The zero-order valence-corrected chi connectivity index (χ0v) is 16.0. The van der Waals surface area contributed by atoms with Gasteiger partial charge >= 0.3 is 0 Å². The van der Waals surface area contributed by atoms with Gasteiger partial charge in [0.2, 0.25) is 6.71 Å². The van der Waals surface area contributed by atoms with Crippen molar-refractivity contribution >= 4 is 17.6 Å². The van der Waals surface area contributed by atoms with Crippen molar-refractivity contribution in [1.29, 1.82) is 0 Å². The minimum Gasteiger partial charge on any atom is -0.494 e. The summed E-state index contributed by atoms with van der Waals surface area (Å²) < 4.78 is 11.5. The number of nitrogens with zero attached hydrogens (tertiary/aromatic N) is 1. The molecule has 0 atom stereocenters. The van der Waals surface area contributed by atoms with Crippen LogP contribution in [-0.2, 0) is 0 Å². The van der Waals surface area contributed by atoms with E-state index in [4.69, 9.17) is 9.47 Å². The summed E-state index contributed by atoms with van der Waals surface area (Å²) in [6.45, 7) is 9.72. The van der Waals surface area contributed by atoms with E-state index < -0.39 is 0 Å². The third-order valence-electron chi connectivity index (χ3n) is 4.01. The molecule has 0 aliphatic rings. The largest absolute Gasteiger partial charge is 0.494 e. The van der Waals surface area contributed by atoms with Crippen LogP contribution in [0.1, 0.15) is 19.7 Å². The molecule has 1 aromatic heterocycles. The van der Waals surface area contributed by atoms with Gasteiger partial charge in [0, 0.05) is 12.4 Å². The smallest absolute Gasteiger partial charge is 0.215 e. The second-order valence-electron chi connectivity index (χ2n) is 5.84. The standard InChI is InChI=1S/C17H21BO2.C4H6N2/c1-4-19-16-12-8-6-10-14(16)18(3)15-11-7-9-13-17(15)20-5-2;1-4-5-2-3-6-4/h6-13H,4-5H2,1-3H3;2-3H,1H3,(H,5,6). The quantitative estimate of drug-likeness (QED) is 0.693. The van der Waals surface area contributed by atoms with E-state index in [0.29, 0.717) is 13.2 Å². The Bertz CT molecular complexity index is 726. The predicted octanol–water partition coefficient (Wildman–Crippen LogP) is 3.44. The van der Waals surface area contributed by atoms with Gasteiger partial charge in [0.1, 0.15) is 17.3 Å². The summed E-state index contributed by atoms with van der Waals surface area (Å²) in [5.74, 6) is 2.87. The number of aromatic amines is 1. The van der Waals surface area contributed by atoms with Gasteiger partial charge in [0.25, 0.3) is 0 Å². The molecule has 0 aliphatic carbocycles. The fourth-order valence-corrected chi connectivity index (χ4v) is 2.76. The Balaban J connectivity index is 0.000000342. The fourth-order valence-electron chi connectivity index (χ4n) is 2.76. The van der Waals surface area contributed by atoms with Crippen LogP contribution in [0.3, 0.4) is 0 Å². The number of rotatable bonds is 6. The number of nitrogens with one attached hydrogen (secondary N) is 1. The predicted molar refractivity (Wildman–Crippen MR) is 109 cm³/mol. The Morgan fingerprint density at radius 2 is 1.38 bits per heavy atom. The lowest BCUT2D eigenvalue weighted by atomic mass is 9.42. The first kappa shape index (κ1) is 19.6. The van der Waals surface area contributed by atoms with Crippen LogP contribution in [0, 0.1) is 6.92 Å². The SMILES string of the molecule is CCOc1ccccc1B(C)c1ccccc1OCC.Cc1ncc[nH]1. The molecule has 0 spiro atoms. The molecule has 2 aromatic carbocycles. The zero-order chi connectivity index (χ0) is 18.8. The molecule has 26 heavy (non-hydrogen) atoms. The van der Waals surface area contributed by atoms with E-state index in [0.717, 1.165) is 17.3 Å². The van der Waals surface area contributed by atoms with Crippen molar-refractivity contribution < 1.29 is 9.47 Å². The number of H-pyrrole nitrogens is 1. The van der Waals surface area contributed by atoms with Crippen molar-refractivity contribution in [1.82, 2.24) is 9.97 Å². The van der Waals surface area contributed by atoms with Crippen molar-refractivity contribution in [3.05, 3.63) is 66.7 Å². The van der Waals surface area contributed by atoms with E-state index >= 15 is 0 Å². The average Bonchev–Trinajstić information content (AvgIpc) is 3.14. The molecular formula is C21H27BN2O2. The number of para-hydroxylation sites is 2. The first-order valence-corrected chi connectivity index (χ1v) is 9.06. The minimum atomic E-state index is 0.237. The summed E-state index contributed by atoms with van der Waals surface area (Å²) in [6.07, 6.45) is 3.53. The third-order valence-corrected chi connectivity index (χ3v) is 4.01. The monoisotopic (exact) mass is 350 g/mol. The molecule has 5 heteroatoms. The maximum atomic E-state index is 5.74. The summed E-state index contributed by atoms with van der Waals surface area (Å²) in [5, 5.41) is 0. The first-order chi connectivity index (χ1) is 12.7. The zero-order valence-electron chi connectivity index (χ0n) is 16.0. The Morgan fingerprint density at radius 3 is 1.73 bits per heavy atom. The van der Waals surface area contributed by atoms with Gasteiger partial charge in [-0.05, 0) is 43.8 Å². The van der Waals surface area contributed by atoms with E-state index in [1.165, 1.54) is 10.9 Å². The molecule has 0 bridgehead atoms. The lowest BCUT2D eigenvalue weighted by Crippen LogP contribution is -2.40. The van der Waals surface area contributed by atoms with E-state index in [1.54, 1.807) is 12.4 Å². The number of hydrogen-bond donors (Lipinski definition) is 1. The van der Waals surface area contributed by atoms with Crippen LogP contribution in [-0.4, -0.2) is 29.9 Å². The number of ether oxygens (including phenoxy) is 2. The number of hydrogen-bond acceptors (Lipinski definition) is 3. The van der Waals surface area contributed by atoms with E-state index in [9.17, 15) is 0 Å². The average molecular weight is 350 g/mol. The van der Waals surface area contributed by atoms with Crippen LogP contribution in [0.4, 0.5) is 0 Å². The normalized spacial score (nSPS) is 9.85. The maximum absolute atomic E-state index is 5.74. The molecule has 0 unspecified atom stereocenters. The van der Waals surface area contributed by atoms with Crippen LogP contribution < -0.4 is 20.4 Å². The van der Waals surface area contributed by atoms with Crippen LogP contribution in [0.15, 0.2) is 60.9 Å². The molecule has 3 aromatic rings. The third kappa shape index (κ3) is 5.41. The van der Waals surface area contributed by atoms with Crippen LogP contribution in [0.25, 0.3) is 0 Å². The molecule has 0 saturated heterocycles. The fraction of sp³-hybridized carbons (Fsp3) is 0.286. The van der Waals surface area contributed by atoms with E-state index in [2.05, 4.69) is 41.1 Å².